The van der Waals surface area contributed by atoms with Crippen LogP contribution < -0.4 is 4.72 Å². The van der Waals surface area contributed by atoms with Gasteiger partial charge in [0.15, 0.2) is 0 Å². The lowest BCUT2D eigenvalue weighted by Gasteiger charge is -2.32. The van der Waals surface area contributed by atoms with Crippen LogP contribution in [-0.2, 0) is 14.8 Å². The zero-order valence-corrected chi connectivity index (χ0v) is 10.6. The van der Waals surface area contributed by atoms with Crippen molar-refractivity contribution >= 4 is 15.9 Å². The minimum absolute atomic E-state index is 0.102. The zero-order valence-electron chi connectivity index (χ0n) is 9.76. The van der Waals surface area contributed by atoms with Gasteiger partial charge in [0.05, 0.1) is 11.3 Å². The average Bonchev–Trinajstić information content (AvgIpc) is 3.08. The summed E-state index contributed by atoms with van der Waals surface area (Å²) in [6, 6.07) is -0.0850. The van der Waals surface area contributed by atoms with Gasteiger partial charge in [-0.25, -0.2) is 13.1 Å². The number of hydrogen-bond donors (Lipinski definition) is 1. The number of rotatable bonds is 3. The highest BCUT2D eigenvalue weighted by Gasteiger charge is 2.45. The van der Waals surface area contributed by atoms with E-state index in [1.54, 1.807) is 0 Å². The summed E-state index contributed by atoms with van der Waals surface area (Å²) in [5, 5.41) is -0.199. The maximum atomic E-state index is 11.9. The van der Waals surface area contributed by atoms with Crippen molar-refractivity contribution in [3.8, 4) is 0 Å². The largest absolute Gasteiger partial charge is 0.338 e. The van der Waals surface area contributed by atoms with Gasteiger partial charge in [0, 0.05) is 19.0 Å². The highest BCUT2D eigenvalue weighted by atomic mass is 32.2. The Morgan fingerprint density at radius 1 is 1.18 bits per heavy atom. The van der Waals surface area contributed by atoms with Crippen LogP contribution in [0.4, 0.5) is 0 Å². The van der Waals surface area contributed by atoms with Gasteiger partial charge in [0.25, 0.3) is 0 Å². The maximum Gasteiger partial charge on any atom is 0.224 e. The van der Waals surface area contributed by atoms with Gasteiger partial charge in [-0.2, -0.15) is 0 Å². The van der Waals surface area contributed by atoms with Gasteiger partial charge >= 0.3 is 0 Å². The van der Waals surface area contributed by atoms with Gasteiger partial charge in [0.2, 0.25) is 15.9 Å². The Morgan fingerprint density at radius 3 is 2.65 bits per heavy atom. The van der Waals surface area contributed by atoms with E-state index in [2.05, 4.69) is 4.72 Å². The molecule has 96 valence electrons. The molecule has 0 aromatic heterocycles. The van der Waals surface area contributed by atoms with E-state index in [0.717, 1.165) is 38.6 Å². The third kappa shape index (κ3) is 2.08. The summed E-state index contributed by atoms with van der Waals surface area (Å²) in [6.07, 6.45) is 4.95. The van der Waals surface area contributed by atoms with Crippen LogP contribution in [0.1, 0.15) is 38.5 Å². The highest BCUT2D eigenvalue weighted by Crippen LogP contribution is 2.32. The first-order valence-corrected chi connectivity index (χ1v) is 7.93. The van der Waals surface area contributed by atoms with Gasteiger partial charge in [-0.05, 0) is 32.1 Å². The third-order valence-electron chi connectivity index (χ3n) is 4.01. The second kappa shape index (κ2) is 3.95. The Kier molecular flexibility index (Phi) is 2.66. The van der Waals surface area contributed by atoms with Crippen molar-refractivity contribution in [1.29, 1.82) is 0 Å². The molecule has 1 amide bonds. The lowest BCUT2D eigenvalue weighted by Crippen LogP contribution is -2.47. The van der Waals surface area contributed by atoms with Gasteiger partial charge in [-0.3, -0.25) is 4.79 Å². The number of sulfonamides is 1. The lowest BCUT2D eigenvalue weighted by molar-refractivity contribution is -0.129. The van der Waals surface area contributed by atoms with E-state index in [9.17, 15) is 13.2 Å². The summed E-state index contributed by atoms with van der Waals surface area (Å²) in [5.41, 5.74) is 0. The SMILES string of the molecule is O=C1C[C@H](NS(=O)(=O)C2CC2)[C@@H]2CCCCN12. The first-order chi connectivity index (χ1) is 8.08. The average molecular weight is 258 g/mol. The number of piperidine rings is 1. The molecule has 2 atom stereocenters. The van der Waals surface area contributed by atoms with E-state index in [0.29, 0.717) is 6.42 Å². The Bertz CT molecular complexity index is 430. The number of nitrogens with one attached hydrogen (secondary N) is 1. The highest BCUT2D eigenvalue weighted by molar-refractivity contribution is 7.90. The molecule has 17 heavy (non-hydrogen) atoms. The lowest BCUT2D eigenvalue weighted by atomic mass is 10.00. The van der Waals surface area contributed by atoms with E-state index in [1.165, 1.54) is 0 Å². The van der Waals surface area contributed by atoms with Crippen LogP contribution in [0.5, 0.6) is 0 Å². The Balaban J connectivity index is 1.73. The smallest absolute Gasteiger partial charge is 0.224 e. The van der Waals surface area contributed by atoms with Crippen LogP contribution in [0.3, 0.4) is 0 Å². The van der Waals surface area contributed by atoms with Crippen LogP contribution in [0.15, 0.2) is 0 Å². The summed E-state index contributed by atoms with van der Waals surface area (Å²) in [6.45, 7) is 0.797. The molecule has 5 nitrogen and oxygen atoms in total. The summed E-state index contributed by atoms with van der Waals surface area (Å²) in [5.74, 6) is 0.109. The monoisotopic (exact) mass is 258 g/mol. The molecule has 1 N–H and O–H groups in total. The Morgan fingerprint density at radius 2 is 1.94 bits per heavy atom. The topological polar surface area (TPSA) is 66.5 Å². The van der Waals surface area contributed by atoms with Gasteiger partial charge < -0.3 is 4.90 Å². The normalized spacial score (nSPS) is 33.9. The summed E-state index contributed by atoms with van der Waals surface area (Å²) < 4.78 is 26.5. The number of fused-ring (bicyclic) bond motifs is 1. The van der Waals surface area contributed by atoms with Gasteiger partial charge in [-0.15, -0.1) is 0 Å². The molecule has 0 aromatic carbocycles. The molecular formula is C11H18N2O3S. The molecule has 2 aliphatic heterocycles. The fourth-order valence-corrected chi connectivity index (χ4v) is 4.54. The predicted molar refractivity (Wildman–Crippen MR) is 62.8 cm³/mol. The molecule has 0 unspecified atom stereocenters. The molecule has 0 spiro atoms. The number of carbonyl (C=O) groups is 1. The maximum absolute atomic E-state index is 11.9. The number of hydrogen-bond acceptors (Lipinski definition) is 3. The minimum Gasteiger partial charge on any atom is -0.338 e. The minimum atomic E-state index is -3.17. The second-order valence-corrected chi connectivity index (χ2v) is 7.32. The quantitative estimate of drug-likeness (QED) is 0.787. The van der Waals surface area contributed by atoms with Crippen molar-refractivity contribution in [1.82, 2.24) is 9.62 Å². The van der Waals surface area contributed by atoms with E-state index < -0.39 is 10.0 Å². The predicted octanol–water partition coefficient (Wildman–Crippen LogP) is 0.222. The third-order valence-corrected chi connectivity index (χ3v) is 5.99. The van der Waals surface area contributed by atoms with E-state index >= 15 is 0 Å². The summed E-state index contributed by atoms with van der Waals surface area (Å²) in [4.78, 5) is 13.6. The van der Waals surface area contributed by atoms with Crippen LogP contribution in [0, 0.1) is 0 Å². The Hall–Kier alpha value is -0.620. The molecule has 3 rings (SSSR count). The van der Waals surface area contributed by atoms with Crippen molar-refractivity contribution in [2.45, 2.75) is 55.9 Å². The second-order valence-electron chi connectivity index (χ2n) is 5.32. The number of carbonyl (C=O) groups excluding carboxylic acids is 1. The van der Waals surface area contributed by atoms with Crippen LogP contribution in [0.25, 0.3) is 0 Å². The molecule has 3 fully saturated rings. The molecule has 2 saturated heterocycles. The number of amides is 1. The fraction of sp³-hybridized carbons (Fsp3) is 0.909. The van der Waals surface area contributed by atoms with E-state index in [1.807, 2.05) is 4.90 Å². The standard InChI is InChI=1S/C11H18N2O3S/c14-11-7-9(10-3-1-2-6-13(10)11)12-17(15,16)8-4-5-8/h8-10,12H,1-7H2/t9-,10-/m0/s1. The molecule has 0 bridgehead atoms. The van der Waals surface area contributed by atoms with Crippen molar-refractivity contribution < 1.29 is 13.2 Å². The summed E-state index contributed by atoms with van der Waals surface area (Å²) >= 11 is 0. The summed E-state index contributed by atoms with van der Waals surface area (Å²) in [7, 11) is -3.17. The number of nitrogens with zero attached hydrogens (tertiary/aromatic N) is 1. The van der Waals surface area contributed by atoms with Crippen molar-refractivity contribution in [3.63, 3.8) is 0 Å². The molecule has 0 radical (unpaired) electrons. The van der Waals surface area contributed by atoms with Crippen LogP contribution in [-0.4, -0.2) is 43.1 Å². The Labute approximate surface area is 102 Å². The first-order valence-electron chi connectivity index (χ1n) is 6.38. The van der Waals surface area contributed by atoms with Crippen LogP contribution >= 0.6 is 0 Å². The molecular weight excluding hydrogens is 240 g/mol. The molecule has 3 aliphatic rings. The van der Waals surface area contributed by atoms with Crippen molar-refractivity contribution in [3.05, 3.63) is 0 Å². The zero-order chi connectivity index (χ0) is 12.0. The van der Waals surface area contributed by atoms with Gasteiger partial charge in [0.1, 0.15) is 0 Å². The van der Waals surface area contributed by atoms with E-state index in [4.69, 9.17) is 0 Å². The van der Waals surface area contributed by atoms with E-state index in [-0.39, 0.29) is 23.2 Å². The molecule has 6 heteroatoms. The first kappa shape index (κ1) is 11.5. The van der Waals surface area contributed by atoms with Crippen molar-refractivity contribution in [2.24, 2.45) is 0 Å². The molecule has 1 aliphatic carbocycles. The van der Waals surface area contributed by atoms with Gasteiger partial charge in [-0.1, -0.05) is 0 Å². The molecule has 2 heterocycles. The fourth-order valence-electron chi connectivity index (χ4n) is 2.93. The molecule has 1 saturated carbocycles. The molecule has 0 aromatic rings. The van der Waals surface area contributed by atoms with Crippen molar-refractivity contribution in [2.75, 3.05) is 6.54 Å². The van der Waals surface area contributed by atoms with Crippen LogP contribution in [0.2, 0.25) is 0 Å².